The molecule has 10 N–H and O–H groups in total. The fraction of sp³-hybridized carbons (Fsp3) is 0.482. The molecule has 1 aromatic carbocycles. The third kappa shape index (κ3) is 15.6. The average Bonchev–Trinajstić information content (AvgIpc) is 1.62. The molecule has 0 aliphatic carbocycles. The molecule has 6 saturated heterocycles. The summed E-state index contributed by atoms with van der Waals surface area (Å²) in [6, 6.07) is 10.1. The summed E-state index contributed by atoms with van der Waals surface area (Å²) < 4.78 is 185. The molecule has 4 bridgehead atoms. The summed E-state index contributed by atoms with van der Waals surface area (Å²) in [4.78, 5) is 110. The number of anilines is 4. The zero-order chi connectivity index (χ0) is 75.8. The third-order valence-electron chi connectivity index (χ3n) is 17.8. The van der Waals surface area contributed by atoms with Crippen LogP contribution in [0.15, 0.2) is 77.9 Å². The number of H-pyrrole nitrogens is 2. The molecular formula is C56H62F2N23NaO22P2S2. The number of aromatic amines is 2. The second-order valence-corrected chi connectivity index (χ2v) is 30.8. The monoisotopic (exact) mass is 1600 g/mol. The van der Waals surface area contributed by atoms with Crippen molar-refractivity contribution >= 4 is 116 Å². The molecule has 52 heteroatoms. The number of carbonyl (C=O) groups excluding carboxylic acids is 2. The number of imidazole rings is 4. The number of carbonyl (C=O) groups is 2. The quantitative estimate of drug-likeness (QED) is 0.0370. The van der Waals surface area contributed by atoms with Gasteiger partial charge in [-0.2, -0.15) is 41.5 Å². The molecule has 0 saturated carbocycles. The summed E-state index contributed by atoms with van der Waals surface area (Å²) in [6.45, 7) is 3.27. The van der Waals surface area contributed by atoms with E-state index in [9.17, 15) is 55.3 Å². The van der Waals surface area contributed by atoms with Gasteiger partial charge >= 0.3 is 58.0 Å². The van der Waals surface area contributed by atoms with E-state index in [0.29, 0.717) is 5.56 Å². The topological polar surface area (TPSA) is 599 Å². The van der Waals surface area contributed by atoms with Crippen molar-refractivity contribution in [2.24, 2.45) is 17.8 Å². The Morgan fingerprint density at radius 1 is 0.667 bits per heavy atom. The molecule has 0 radical (unpaired) electrons. The predicted molar refractivity (Wildman–Crippen MR) is 354 cm³/mol. The standard InChI is InChI=1S/C35H38FN12O12PS.C21H25FN11O10PS.Na/c1-17(2)30(49)45-35-44-29-24(32(51)46-35)41-16-48(29)34-25-18(3)20(57-34)12-42-62(53,54)60-26-21(13-56-61(52,59-25)55-11-7-10-37)58-33(22(26)36)47-15-40-23-27(38-14-39-28(23)47)43-31(50)19-8-5-4-6-9-19;1-7-8-2-29-45(37,38)43-14-9(41-19(10(14)22)32-5-27-11-15(23)25-4-26-16(11)32)3-39-44(35,36)42-13(7)20(40-8)33-6-28-12-17(33)30-21(24)31-18(12)34;/h4-6,8-9,14-18,20-22,25-26,33-34,42H,7,11-13H2,1-3H3,(H,38,39,43,50)(H2,44,45,46,49,51);4-10,13-14,19-20,29H,2-3H2,1H3,(H,35,36)(H2,23,25,26)(H3,24,30,31,34);/q;;+1/p-1/t18-,20-,21-,22-,25-,26-,33?,34-,61?;7-,8-,9-,10-,13-,14-,19?,20-;/m11./s1. The Bertz CT molecular complexity index is 5430. The van der Waals surface area contributed by atoms with Crippen LogP contribution in [-0.4, -0.2) is 201 Å². The van der Waals surface area contributed by atoms with Gasteiger partial charge in [-0.05, 0) is 12.1 Å². The molecule has 0 spiro atoms. The smallest absolute Gasteiger partial charge is 0.756 e. The first-order valence-electron chi connectivity index (χ1n) is 32.3. The van der Waals surface area contributed by atoms with Gasteiger partial charge in [-0.1, -0.05) is 45.9 Å². The largest absolute Gasteiger partial charge is 1.00 e. The van der Waals surface area contributed by atoms with Gasteiger partial charge in [0, 0.05) is 36.4 Å². The fourth-order valence-electron chi connectivity index (χ4n) is 12.5. The molecule has 6 fully saturated rings. The van der Waals surface area contributed by atoms with Crippen LogP contribution in [0.2, 0.25) is 0 Å². The van der Waals surface area contributed by atoms with E-state index in [1.54, 1.807) is 58.0 Å². The summed E-state index contributed by atoms with van der Waals surface area (Å²) in [7, 11) is -19.6. The van der Waals surface area contributed by atoms with Gasteiger partial charge < -0.3 is 49.7 Å². The second kappa shape index (κ2) is 30.9. The zero-order valence-electron chi connectivity index (χ0n) is 56.7. The number of nitrogens with one attached hydrogen (secondary N) is 6. The number of phosphoric acid groups is 2. The minimum absolute atomic E-state index is 0. The van der Waals surface area contributed by atoms with Crippen molar-refractivity contribution in [1.82, 2.24) is 87.5 Å². The number of nitriles is 1. The van der Waals surface area contributed by atoms with E-state index >= 15 is 8.78 Å². The van der Waals surface area contributed by atoms with Crippen LogP contribution in [0.3, 0.4) is 0 Å². The first-order valence-corrected chi connectivity index (χ1v) is 38.0. The Hall–Kier alpha value is -8.29. The number of hydrogen-bond donors (Lipinski definition) is 8. The van der Waals surface area contributed by atoms with E-state index in [1.807, 2.05) is 6.07 Å². The maximum absolute atomic E-state index is 16.6. The van der Waals surface area contributed by atoms with Crippen LogP contribution in [0.25, 0.3) is 44.7 Å². The van der Waals surface area contributed by atoms with E-state index in [0.717, 1.165) is 34.4 Å². The Labute approximate surface area is 627 Å². The molecule has 15 rings (SSSR count). The number of nitrogens with two attached hydrogens (primary N) is 2. The summed E-state index contributed by atoms with van der Waals surface area (Å²) in [5, 5.41) is 14.4. The van der Waals surface area contributed by atoms with Crippen LogP contribution in [0, 0.1) is 29.1 Å². The van der Waals surface area contributed by atoms with E-state index in [2.05, 4.69) is 79.9 Å². The van der Waals surface area contributed by atoms with Crippen LogP contribution < -0.4 is 77.1 Å². The maximum Gasteiger partial charge on any atom is 1.00 e. The van der Waals surface area contributed by atoms with Crippen molar-refractivity contribution in [3.05, 3.63) is 94.6 Å². The van der Waals surface area contributed by atoms with E-state index in [1.165, 1.54) is 21.8 Å². The number of phosphoric ester groups is 2. The minimum atomic E-state index is -5.24. The Morgan fingerprint density at radius 2 is 1.17 bits per heavy atom. The molecule has 14 heterocycles. The molecule has 8 aromatic heterocycles. The summed E-state index contributed by atoms with van der Waals surface area (Å²) >= 11 is 0. The average molecular weight is 1600 g/mol. The number of benzene rings is 1. The number of alkyl halides is 2. The first-order chi connectivity index (χ1) is 51.0. The predicted octanol–water partition coefficient (Wildman–Crippen LogP) is -2.75. The van der Waals surface area contributed by atoms with E-state index in [-0.39, 0.29) is 104 Å². The Kier molecular flexibility index (Phi) is 22.3. The molecule has 6 aliphatic rings. The SMILES string of the molecule is CC(C)C(=O)Nc1nc2c(ncn2[C@@H]2O[C@@H]3CNS(=O)(=O)O[C@@H]4[C@@H](COP(=O)(OCCC#N)O[C@@H]2[C@@H]3C)OC(n2cnc3c(NC(=O)c5ccccc5)ncnc32)[C@@H]4F)c(=O)[nH]1.C[C@H]1[C@H]2OP(=O)([O-])OC[C@H]3OC(n4cnc5c(N)ncnc54)[C@H](F)[C@@H]3OS(=O)(=O)NC[C@H]1O[C@H]2n1cnc2c(=O)[nH]c(N)nc21.[Na+]. The summed E-state index contributed by atoms with van der Waals surface area (Å²) in [5.74, 6) is -3.50. The normalized spacial score (nSPS) is 31.3. The van der Waals surface area contributed by atoms with Gasteiger partial charge in [0.1, 0.15) is 54.8 Å². The van der Waals surface area contributed by atoms with Crippen molar-refractivity contribution < 1.29 is 129 Å². The van der Waals surface area contributed by atoms with Crippen LogP contribution in [0.5, 0.6) is 0 Å². The number of hydrogen-bond acceptors (Lipinski definition) is 35. The zero-order valence-corrected chi connectivity index (χ0v) is 62.1. The number of fused-ring (bicyclic) bond motifs is 10. The van der Waals surface area contributed by atoms with Crippen LogP contribution in [0.4, 0.5) is 32.3 Å². The van der Waals surface area contributed by atoms with Crippen molar-refractivity contribution in [3.63, 3.8) is 0 Å². The molecule has 6 aliphatic heterocycles. The van der Waals surface area contributed by atoms with Crippen molar-refractivity contribution in [2.75, 3.05) is 55.0 Å². The van der Waals surface area contributed by atoms with Crippen molar-refractivity contribution in [3.8, 4) is 6.07 Å². The molecule has 108 heavy (non-hydrogen) atoms. The van der Waals surface area contributed by atoms with Crippen LogP contribution >= 0.6 is 15.6 Å². The summed E-state index contributed by atoms with van der Waals surface area (Å²) in [6.07, 6.45) is -15.4. The maximum atomic E-state index is 16.6. The van der Waals surface area contributed by atoms with Gasteiger partial charge in [-0.25, -0.2) is 61.6 Å². The van der Waals surface area contributed by atoms with Gasteiger partial charge in [0.15, 0.2) is 88.0 Å². The van der Waals surface area contributed by atoms with Crippen LogP contribution in [-0.2, 0) is 84.5 Å². The number of ether oxygens (including phenoxy) is 4. The molecular weight excluding hydrogens is 1530 g/mol. The number of rotatable bonds is 11. The Morgan fingerprint density at radius 3 is 1.74 bits per heavy atom. The molecule has 2 amide bonds. The van der Waals surface area contributed by atoms with E-state index in [4.69, 9.17) is 61.4 Å². The second-order valence-electron chi connectivity index (χ2n) is 25.1. The molecule has 4 unspecified atom stereocenters. The van der Waals surface area contributed by atoms with Gasteiger partial charge in [-0.3, -0.25) is 70.9 Å². The number of aromatic nitrogens is 16. The van der Waals surface area contributed by atoms with Gasteiger partial charge in [0.05, 0.1) is 69.8 Å². The third-order valence-corrected chi connectivity index (χ3v) is 22.3. The van der Waals surface area contributed by atoms with Gasteiger partial charge in [0.2, 0.25) is 17.8 Å². The van der Waals surface area contributed by atoms with Crippen LogP contribution in [0.1, 0.15) is 69.4 Å². The van der Waals surface area contributed by atoms with Gasteiger partial charge in [-0.15, -0.1) is 0 Å². The van der Waals surface area contributed by atoms with Crippen molar-refractivity contribution in [2.45, 2.75) is 120 Å². The molecule has 9 aromatic rings. The number of nitrogen functional groups attached to an aromatic ring is 2. The fourth-order valence-corrected chi connectivity index (χ4v) is 16.8. The molecule has 570 valence electrons. The number of amides is 2. The van der Waals surface area contributed by atoms with Gasteiger partial charge in [0.25, 0.3) is 24.8 Å². The summed E-state index contributed by atoms with van der Waals surface area (Å²) in [5.41, 5.74) is 10.3. The number of halogens is 2. The van der Waals surface area contributed by atoms with E-state index < -0.39 is 196 Å². The molecule has 18 atom stereocenters. The van der Waals surface area contributed by atoms with Crippen molar-refractivity contribution in [1.29, 1.82) is 5.26 Å². The molecule has 45 nitrogen and oxygen atoms in total. The first kappa shape index (κ1) is 77.9. The minimum Gasteiger partial charge on any atom is -0.756 e. The Balaban J connectivity index is 0.000000198. The number of nitrogens with zero attached hydrogens (tertiary/aromatic N) is 15.